The SMILES string of the molecule is CCc1nc(Cl)c2ccc(NC3CC3)cn12. The van der Waals surface area contributed by atoms with E-state index in [-0.39, 0.29) is 0 Å². The standard InChI is InChI=1S/C12H14ClN3/c1-2-11-15-12(13)10-6-5-9(7-16(10)11)14-8-3-4-8/h5-8,14H,2-4H2,1H3. The Morgan fingerprint density at radius 3 is 3.00 bits per heavy atom. The van der Waals surface area contributed by atoms with Gasteiger partial charge in [-0.1, -0.05) is 18.5 Å². The summed E-state index contributed by atoms with van der Waals surface area (Å²) < 4.78 is 2.08. The van der Waals surface area contributed by atoms with Gasteiger partial charge < -0.3 is 9.72 Å². The van der Waals surface area contributed by atoms with Crippen LogP contribution in [0.25, 0.3) is 5.52 Å². The molecule has 0 bridgehead atoms. The van der Waals surface area contributed by atoms with Gasteiger partial charge >= 0.3 is 0 Å². The third-order valence-electron chi connectivity index (χ3n) is 2.93. The maximum atomic E-state index is 6.07. The topological polar surface area (TPSA) is 29.3 Å². The molecule has 2 aromatic rings. The second-order valence-electron chi connectivity index (χ2n) is 4.26. The highest BCUT2D eigenvalue weighted by Gasteiger charge is 2.21. The summed E-state index contributed by atoms with van der Waals surface area (Å²) in [5.41, 5.74) is 2.14. The molecular weight excluding hydrogens is 222 g/mol. The van der Waals surface area contributed by atoms with Crippen LogP contribution in [-0.4, -0.2) is 15.4 Å². The third-order valence-corrected chi connectivity index (χ3v) is 3.21. The number of nitrogens with zero attached hydrogens (tertiary/aromatic N) is 2. The van der Waals surface area contributed by atoms with E-state index in [1.165, 1.54) is 12.8 Å². The molecule has 2 aromatic heterocycles. The predicted molar refractivity (Wildman–Crippen MR) is 66.2 cm³/mol. The Kier molecular flexibility index (Phi) is 2.28. The van der Waals surface area contributed by atoms with E-state index in [9.17, 15) is 0 Å². The first-order valence-electron chi connectivity index (χ1n) is 5.71. The Bertz CT molecular complexity index is 528. The quantitative estimate of drug-likeness (QED) is 0.886. The van der Waals surface area contributed by atoms with Crippen LogP contribution in [0.5, 0.6) is 0 Å². The number of anilines is 1. The Hall–Kier alpha value is -1.22. The highest BCUT2D eigenvalue weighted by Crippen LogP contribution is 2.26. The first-order chi connectivity index (χ1) is 7.78. The first-order valence-corrected chi connectivity index (χ1v) is 6.08. The lowest BCUT2D eigenvalue weighted by Gasteiger charge is -2.06. The summed E-state index contributed by atoms with van der Waals surface area (Å²) >= 11 is 6.07. The highest BCUT2D eigenvalue weighted by molar-refractivity contribution is 6.32. The molecule has 0 aromatic carbocycles. The summed E-state index contributed by atoms with van der Waals surface area (Å²) in [6.45, 7) is 2.09. The van der Waals surface area contributed by atoms with Crippen LogP contribution < -0.4 is 5.32 Å². The van der Waals surface area contributed by atoms with Crippen molar-refractivity contribution >= 4 is 22.8 Å². The molecule has 84 valence electrons. The van der Waals surface area contributed by atoms with Gasteiger partial charge in [0, 0.05) is 18.7 Å². The molecule has 16 heavy (non-hydrogen) atoms. The smallest absolute Gasteiger partial charge is 0.155 e. The van der Waals surface area contributed by atoms with Crippen LogP contribution in [0, 0.1) is 0 Å². The molecule has 0 unspecified atom stereocenters. The van der Waals surface area contributed by atoms with Crippen LogP contribution >= 0.6 is 11.6 Å². The largest absolute Gasteiger partial charge is 0.381 e. The van der Waals surface area contributed by atoms with Crippen molar-refractivity contribution in [2.75, 3.05) is 5.32 Å². The van der Waals surface area contributed by atoms with Gasteiger partial charge in [-0.2, -0.15) is 0 Å². The molecule has 1 saturated carbocycles. The fourth-order valence-corrected chi connectivity index (χ4v) is 2.16. The molecule has 3 rings (SSSR count). The van der Waals surface area contributed by atoms with Crippen LogP contribution in [-0.2, 0) is 6.42 Å². The lowest BCUT2D eigenvalue weighted by molar-refractivity contribution is 0.932. The Labute approximate surface area is 99.4 Å². The lowest BCUT2D eigenvalue weighted by Crippen LogP contribution is -2.02. The van der Waals surface area contributed by atoms with Crippen molar-refractivity contribution in [2.24, 2.45) is 0 Å². The van der Waals surface area contributed by atoms with Gasteiger partial charge in [0.2, 0.25) is 0 Å². The van der Waals surface area contributed by atoms with E-state index < -0.39 is 0 Å². The van der Waals surface area contributed by atoms with Crippen molar-refractivity contribution < 1.29 is 0 Å². The maximum absolute atomic E-state index is 6.07. The number of fused-ring (bicyclic) bond motifs is 1. The zero-order valence-electron chi connectivity index (χ0n) is 9.20. The Morgan fingerprint density at radius 2 is 2.31 bits per heavy atom. The van der Waals surface area contributed by atoms with Crippen molar-refractivity contribution in [3.05, 3.63) is 29.3 Å². The zero-order valence-corrected chi connectivity index (χ0v) is 9.96. The first kappa shape index (κ1) is 9.97. The van der Waals surface area contributed by atoms with Crippen LogP contribution in [0.3, 0.4) is 0 Å². The van der Waals surface area contributed by atoms with Crippen LogP contribution in [0.2, 0.25) is 5.15 Å². The van der Waals surface area contributed by atoms with Crippen LogP contribution in [0.1, 0.15) is 25.6 Å². The number of hydrogen-bond donors (Lipinski definition) is 1. The molecule has 0 atom stereocenters. The number of pyridine rings is 1. The van der Waals surface area contributed by atoms with E-state index in [2.05, 4.69) is 33.9 Å². The van der Waals surface area contributed by atoms with E-state index in [1.54, 1.807) is 0 Å². The number of halogens is 1. The number of aromatic nitrogens is 2. The lowest BCUT2D eigenvalue weighted by atomic mass is 10.3. The zero-order chi connectivity index (χ0) is 11.1. The molecule has 0 aliphatic heterocycles. The van der Waals surface area contributed by atoms with E-state index in [0.717, 1.165) is 23.4 Å². The minimum atomic E-state index is 0.592. The molecule has 0 saturated heterocycles. The summed E-state index contributed by atoms with van der Waals surface area (Å²) in [7, 11) is 0. The van der Waals surface area contributed by atoms with Crippen molar-refractivity contribution in [1.82, 2.24) is 9.38 Å². The molecule has 0 amide bonds. The van der Waals surface area contributed by atoms with Gasteiger partial charge in [0.05, 0.1) is 11.2 Å². The Morgan fingerprint density at radius 1 is 1.50 bits per heavy atom. The van der Waals surface area contributed by atoms with Crippen molar-refractivity contribution in [1.29, 1.82) is 0 Å². The van der Waals surface area contributed by atoms with Gasteiger partial charge in [-0.25, -0.2) is 4.98 Å². The number of imidazole rings is 1. The van der Waals surface area contributed by atoms with Crippen molar-refractivity contribution in [2.45, 2.75) is 32.2 Å². The average Bonchev–Trinajstić information content (AvgIpc) is 3.03. The highest BCUT2D eigenvalue weighted by atomic mass is 35.5. The van der Waals surface area contributed by atoms with Crippen molar-refractivity contribution in [3.8, 4) is 0 Å². The summed E-state index contributed by atoms with van der Waals surface area (Å²) in [6.07, 6.45) is 5.54. The fourth-order valence-electron chi connectivity index (χ4n) is 1.90. The predicted octanol–water partition coefficient (Wildman–Crippen LogP) is 3.12. The van der Waals surface area contributed by atoms with Gasteiger partial charge in [0.15, 0.2) is 5.15 Å². The second kappa shape index (κ2) is 3.67. The number of hydrogen-bond acceptors (Lipinski definition) is 2. The van der Waals surface area contributed by atoms with Crippen LogP contribution in [0.15, 0.2) is 18.3 Å². The van der Waals surface area contributed by atoms with Gasteiger partial charge in [-0.3, -0.25) is 0 Å². The van der Waals surface area contributed by atoms with Gasteiger partial charge in [-0.15, -0.1) is 0 Å². The summed E-state index contributed by atoms with van der Waals surface area (Å²) in [4.78, 5) is 4.34. The van der Waals surface area contributed by atoms with E-state index in [4.69, 9.17) is 11.6 Å². The van der Waals surface area contributed by atoms with Gasteiger partial charge in [-0.05, 0) is 25.0 Å². The minimum absolute atomic E-state index is 0.592. The number of nitrogens with one attached hydrogen (secondary N) is 1. The van der Waals surface area contributed by atoms with Crippen molar-refractivity contribution in [3.63, 3.8) is 0 Å². The number of aryl methyl sites for hydroxylation is 1. The molecule has 1 fully saturated rings. The molecule has 2 heterocycles. The fraction of sp³-hybridized carbons (Fsp3) is 0.417. The van der Waals surface area contributed by atoms with E-state index >= 15 is 0 Å². The molecule has 0 spiro atoms. The van der Waals surface area contributed by atoms with E-state index in [0.29, 0.717) is 11.2 Å². The van der Waals surface area contributed by atoms with E-state index in [1.807, 2.05) is 6.07 Å². The molecule has 1 N–H and O–H groups in total. The maximum Gasteiger partial charge on any atom is 0.155 e. The molecule has 1 aliphatic carbocycles. The normalized spacial score (nSPS) is 15.6. The second-order valence-corrected chi connectivity index (χ2v) is 4.62. The molecule has 0 radical (unpaired) electrons. The molecule has 4 heteroatoms. The monoisotopic (exact) mass is 235 g/mol. The summed E-state index contributed by atoms with van der Waals surface area (Å²) in [6, 6.07) is 4.77. The average molecular weight is 236 g/mol. The Balaban J connectivity index is 2.06. The van der Waals surface area contributed by atoms with Gasteiger partial charge in [0.1, 0.15) is 5.82 Å². The molecule has 3 nitrogen and oxygen atoms in total. The minimum Gasteiger partial charge on any atom is -0.381 e. The molecule has 1 aliphatic rings. The number of rotatable bonds is 3. The summed E-state index contributed by atoms with van der Waals surface area (Å²) in [5, 5.41) is 4.07. The van der Waals surface area contributed by atoms with Crippen LogP contribution in [0.4, 0.5) is 5.69 Å². The van der Waals surface area contributed by atoms with Gasteiger partial charge in [0.25, 0.3) is 0 Å². The summed E-state index contributed by atoms with van der Waals surface area (Å²) in [5.74, 6) is 1.01. The third kappa shape index (κ3) is 1.65. The molecular formula is C12H14ClN3.